The minimum Gasteiger partial charge on any atom is -0.394 e. The van der Waals surface area contributed by atoms with E-state index in [2.05, 4.69) is 43.5 Å². The Labute approximate surface area is 470 Å². The lowest BCUT2D eigenvalue weighted by atomic mass is 9.99. The molecule has 1 saturated heterocycles. The van der Waals surface area contributed by atoms with Crippen LogP contribution in [-0.2, 0) is 14.3 Å². The van der Waals surface area contributed by atoms with E-state index in [0.717, 1.165) is 44.9 Å². The predicted molar refractivity (Wildman–Crippen MR) is 323 cm³/mol. The molecule has 9 heteroatoms. The Hall–Kier alpha value is -1.59. The summed E-state index contributed by atoms with van der Waals surface area (Å²) < 4.78 is 11.3. The first-order valence-electron chi connectivity index (χ1n) is 33.2. The number of carbonyl (C=O) groups is 1. The van der Waals surface area contributed by atoms with Crippen molar-refractivity contribution in [3.8, 4) is 0 Å². The second kappa shape index (κ2) is 56.7. The Morgan fingerprint density at radius 3 is 1.13 bits per heavy atom. The molecule has 1 rings (SSSR count). The van der Waals surface area contributed by atoms with E-state index in [9.17, 15) is 30.3 Å². The van der Waals surface area contributed by atoms with E-state index in [4.69, 9.17) is 9.47 Å². The van der Waals surface area contributed by atoms with Gasteiger partial charge in [-0.15, -0.1) is 0 Å². The Bertz CT molecular complexity index is 1290. The molecule has 0 aliphatic carbocycles. The van der Waals surface area contributed by atoms with Crippen LogP contribution in [0.25, 0.3) is 0 Å². The summed E-state index contributed by atoms with van der Waals surface area (Å²) >= 11 is 0. The summed E-state index contributed by atoms with van der Waals surface area (Å²) in [6, 6.07) is -0.802. The first kappa shape index (κ1) is 72.4. The van der Waals surface area contributed by atoms with Gasteiger partial charge in [0.1, 0.15) is 24.4 Å². The molecule has 0 radical (unpaired) electrons. The number of nitrogens with one attached hydrogen (secondary N) is 1. The molecule has 6 N–H and O–H groups in total. The van der Waals surface area contributed by atoms with Crippen LogP contribution in [0.1, 0.15) is 328 Å². The lowest BCUT2D eigenvalue weighted by Crippen LogP contribution is -2.60. The third-order valence-corrected chi connectivity index (χ3v) is 16.0. The number of unbranched alkanes of at least 4 members (excludes halogenated alkanes) is 44. The standard InChI is InChI=1S/C67H127NO8/c1-3-5-7-9-11-13-15-17-19-21-22-23-24-25-26-27-28-29-30-31-32-33-34-35-36-37-38-39-40-41-43-45-47-49-51-53-55-57-63(71)68-60(59-75-67-66(74)65(73)64(72)62(58-69)76-67)61(70)56-54-52-50-48-46-44-42-20-18-16-14-12-10-8-6-4-2/h15,17,21-22,54,56,60-62,64-67,69-70,72-74H,3-14,16,18-20,23-53,55,57-59H2,1-2H3,(H,68,71)/b17-15-,22-21-,56-54+. The third kappa shape index (κ3) is 45.2. The second-order valence-electron chi connectivity index (χ2n) is 23.3. The van der Waals surface area contributed by atoms with Gasteiger partial charge in [0.05, 0.1) is 25.4 Å². The summed E-state index contributed by atoms with van der Waals surface area (Å²) in [6.07, 6.45) is 68.2. The summed E-state index contributed by atoms with van der Waals surface area (Å²) in [5, 5.41) is 54.6. The highest BCUT2D eigenvalue weighted by Crippen LogP contribution is 2.23. The van der Waals surface area contributed by atoms with Crippen molar-refractivity contribution in [1.82, 2.24) is 5.32 Å². The van der Waals surface area contributed by atoms with Gasteiger partial charge in [-0.3, -0.25) is 4.79 Å². The number of hydrogen-bond acceptors (Lipinski definition) is 8. The van der Waals surface area contributed by atoms with Gasteiger partial charge in [-0.2, -0.15) is 0 Å². The van der Waals surface area contributed by atoms with Gasteiger partial charge >= 0.3 is 0 Å². The highest BCUT2D eigenvalue weighted by atomic mass is 16.7. The summed E-state index contributed by atoms with van der Waals surface area (Å²) in [7, 11) is 0. The van der Waals surface area contributed by atoms with Crippen LogP contribution in [0.3, 0.4) is 0 Å². The maximum Gasteiger partial charge on any atom is 0.220 e. The highest BCUT2D eigenvalue weighted by molar-refractivity contribution is 5.76. The van der Waals surface area contributed by atoms with Gasteiger partial charge in [-0.25, -0.2) is 0 Å². The van der Waals surface area contributed by atoms with Crippen LogP contribution in [0.4, 0.5) is 0 Å². The van der Waals surface area contributed by atoms with Gasteiger partial charge < -0.3 is 40.3 Å². The van der Waals surface area contributed by atoms with Gasteiger partial charge in [0, 0.05) is 6.42 Å². The van der Waals surface area contributed by atoms with Crippen LogP contribution in [0.5, 0.6) is 0 Å². The topological polar surface area (TPSA) is 149 Å². The smallest absolute Gasteiger partial charge is 0.220 e. The minimum atomic E-state index is -1.56. The summed E-state index contributed by atoms with van der Waals surface area (Å²) in [5.74, 6) is -0.170. The van der Waals surface area contributed by atoms with Crippen molar-refractivity contribution in [3.05, 3.63) is 36.5 Å². The number of ether oxygens (including phenoxy) is 2. The van der Waals surface area contributed by atoms with Crippen LogP contribution in [-0.4, -0.2) is 87.5 Å². The van der Waals surface area contributed by atoms with Crippen molar-refractivity contribution < 1.29 is 39.8 Å². The minimum absolute atomic E-state index is 0.170. The Morgan fingerprint density at radius 2 is 0.776 bits per heavy atom. The Balaban J connectivity index is 2.06. The van der Waals surface area contributed by atoms with Crippen molar-refractivity contribution in [2.75, 3.05) is 13.2 Å². The Morgan fingerprint density at radius 1 is 0.447 bits per heavy atom. The molecule has 0 aromatic carbocycles. The van der Waals surface area contributed by atoms with E-state index in [-0.39, 0.29) is 12.5 Å². The zero-order valence-electron chi connectivity index (χ0n) is 50.0. The molecule has 1 aliphatic heterocycles. The van der Waals surface area contributed by atoms with Gasteiger partial charge in [-0.05, 0) is 51.4 Å². The largest absolute Gasteiger partial charge is 0.394 e. The zero-order chi connectivity index (χ0) is 55.0. The predicted octanol–water partition coefficient (Wildman–Crippen LogP) is 17.5. The first-order valence-corrected chi connectivity index (χ1v) is 33.2. The van der Waals surface area contributed by atoms with Crippen LogP contribution in [0.2, 0.25) is 0 Å². The number of aliphatic hydroxyl groups excluding tert-OH is 5. The van der Waals surface area contributed by atoms with E-state index in [0.29, 0.717) is 6.42 Å². The van der Waals surface area contributed by atoms with Gasteiger partial charge in [0.25, 0.3) is 0 Å². The number of aliphatic hydroxyl groups is 5. The van der Waals surface area contributed by atoms with Crippen LogP contribution < -0.4 is 5.32 Å². The maximum absolute atomic E-state index is 13.1. The SMILES string of the molecule is CCCCCCC/C=C\C/C=C\CCCCCCCCCCCCCCCCCCCCCCCCCCCC(=O)NC(COC1OC(CO)C(O)C(O)C1O)C(O)/C=C/CCCCCCCCCCCCCCCC. The van der Waals surface area contributed by atoms with Gasteiger partial charge in [0.2, 0.25) is 5.91 Å². The van der Waals surface area contributed by atoms with E-state index < -0.39 is 49.5 Å². The Kier molecular flexibility index (Phi) is 54.0. The molecule has 1 fully saturated rings. The van der Waals surface area contributed by atoms with E-state index in [1.807, 2.05) is 6.08 Å². The highest BCUT2D eigenvalue weighted by Gasteiger charge is 2.44. The lowest BCUT2D eigenvalue weighted by Gasteiger charge is -2.40. The molecule has 0 aromatic rings. The monoisotopic (exact) mass is 1070 g/mol. The fourth-order valence-corrected chi connectivity index (χ4v) is 10.7. The van der Waals surface area contributed by atoms with Crippen LogP contribution >= 0.6 is 0 Å². The molecular weight excluding hydrogens is 947 g/mol. The zero-order valence-corrected chi connectivity index (χ0v) is 50.0. The normalized spacial score (nSPS) is 19.0. The average Bonchev–Trinajstić information content (AvgIpc) is 3.42. The van der Waals surface area contributed by atoms with E-state index in [1.54, 1.807) is 6.08 Å². The second-order valence-corrected chi connectivity index (χ2v) is 23.3. The van der Waals surface area contributed by atoms with Gasteiger partial charge in [0.15, 0.2) is 6.29 Å². The van der Waals surface area contributed by atoms with Crippen LogP contribution in [0, 0.1) is 0 Å². The summed E-state index contributed by atoms with van der Waals surface area (Å²) in [4.78, 5) is 13.1. The molecular formula is C67H127NO8. The summed E-state index contributed by atoms with van der Waals surface area (Å²) in [6.45, 7) is 3.80. The molecule has 76 heavy (non-hydrogen) atoms. The van der Waals surface area contributed by atoms with E-state index >= 15 is 0 Å². The van der Waals surface area contributed by atoms with E-state index in [1.165, 1.54) is 263 Å². The fourth-order valence-electron chi connectivity index (χ4n) is 10.7. The lowest BCUT2D eigenvalue weighted by molar-refractivity contribution is -0.302. The molecule has 448 valence electrons. The molecule has 9 nitrogen and oxygen atoms in total. The number of allylic oxidation sites excluding steroid dienone is 5. The molecule has 1 aliphatic rings. The third-order valence-electron chi connectivity index (χ3n) is 16.0. The molecule has 0 saturated carbocycles. The number of rotatable bonds is 58. The number of amides is 1. The molecule has 7 unspecified atom stereocenters. The first-order chi connectivity index (χ1) is 37.3. The molecule has 0 bridgehead atoms. The molecule has 1 heterocycles. The summed E-state index contributed by atoms with van der Waals surface area (Å²) in [5.41, 5.74) is 0. The average molecular weight is 1070 g/mol. The van der Waals surface area contributed by atoms with Gasteiger partial charge in [-0.1, -0.05) is 307 Å². The molecule has 7 atom stereocenters. The van der Waals surface area contributed by atoms with Crippen molar-refractivity contribution in [2.45, 2.75) is 371 Å². The fraction of sp³-hybridized carbons (Fsp3) is 0.896. The molecule has 1 amide bonds. The van der Waals surface area contributed by atoms with Crippen molar-refractivity contribution >= 4 is 5.91 Å². The quantitative estimate of drug-likeness (QED) is 0.0261. The van der Waals surface area contributed by atoms with Crippen LogP contribution in [0.15, 0.2) is 36.5 Å². The molecule has 0 aromatic heterocycles. The van der Waals surface area contributed by atoms with Crippen molar-refractivity contribution in [1.29, 1.82) is 0 Å². The molecule has 0 spiro atoms. The van der Waals surface area contributed by atoms with Crippen molar-refractivity contribution in [3.63, 3.8) is 0 Å². The van der Waals surface area contributed by atoms with Crippen molar-refractivity contribution in [2.24, 2.45) is 0 Å². The number of hydrogen-bond donors (Lipinski definition) is 6. The number of carbonyl (C=O) groups excluding carboxylic acids is 1. The maximum atomic E-state index is 13.1.